The maximum absolute atomic E-state index is 3.86. The monoisotopic (exact) mass is 299 g/mol. The van der Waals surface area contributed by atoms with Crippen LogP contribution in [-0.4, -0.2) is 0 Å². The zero-order chi connectivity index (χ0) is 14.9. The van der Waals surface area contributed by atoms with Crippen LogP contribution in [0.15, 0.2) is 35.7 Å². The Morgan fingerprint density at radius 1 is 1.24 bits per heavy atom. The molecule has 1 aromatic carbocycles. The SMILES string of the molecule is CCc1ccsc1CNC1c2ccccc2CCC1(C)C. The number of hydrogen-bond acceptors (Lipinski definition) is 2. The normalized spacial score (nSPS) is 20.2. The van der Waals surface area contributed by atoms with Gasteiger partial charge in [0.1, 0.15) is 0 Å². The maximum atomic E-state index is 3.86. The smallest absolute Gasteiger partial charge is 0.0377 e. The molecule has 3 rings (SSSR count). The highest BCUT2D eigenvalue weighted by Crippen LogP contribution is 2.43. The first-order valence-electron chi connectivity index (χ1n) is 7.98. The Morgan fingerprint density at radius 3 is 2.86 bits per heavy atom. The molecule has 2 heteroatoms. The van der Waals surface area contributed by atoms with Crippen molar-refractivity contribution < 1.29 is 0 Å². The second-order valence-corrected chi connectivity index (χ2v) is 7.72. The average molecular weight is 299 g/mol. The molecule has 1 aliphatic carbocycles. The molecule has 0 saturated carbocycles. The van der Waals surface area contributed by atoms with Crippen LogP contribution >= 0.6 is 11.3 Å². The minimum Gasteiger partial charge on any atom is -0.305 e. The van der Waals surface area contributed by atoms with Crippen LogP contribution in [0.25, 0.3) is 0 Å². The van der Waals surface area contributed by atoms with Gasteiger partial charge in [-0.25, -0.2) is 0 Å². The molecule has 0 radical (unpaired) electrons. The minimum absolute atomic E-state index is 0.317. The van der Waals surface area contributed by atoms with Crippen molar-refractivity contribution in [2.75, 3.05) is 0 Å². The van der Waals surface area contributed by atoms with Crippen LogP contribution in [0.5, 0.6) is 0 Å². The van der Waals surface area contributed by atoms with Gasteiger partial charge in [0.15, 0.2) is 0 Å². The highest BCUT2D eigenvalue weighted by molar-refractivity contribution is 7.10. The van der Waals surface area contributed by atoms with Gasteiger partial charge in [-0.2, -0.15) is 0 Å². The number of rotatable bonds is 4. The van der Waals surface area contributed by atoms with E-state index in [0.29, 0.717) is 11.5 Å². The van der Waals surface area contributed by atoms with E-state index in [1.165, 1.54) is 34.4 Å². The van der Waals surface area contributed by atoms with Crippen LogP contribution < -0.4 is 5.32 Å². The van der Waals surface area contributed by atoms with E-state index in [0.717, 1.165) is 13.0 Å². The highest BCUT2D eigenvalue weighted by Gasteiger charge is 2.35. The lowest BCUT2D eigenvalue weighted by Crippen LogP contribution is -2.37. The Labute approximate surface area is 132 Å². The second kappa shape index (κ2) is 5.94. The third kappa shape index (κ3) is 2.93. The van der Waals surface area contributed by atoms with Crippen LogP contribution in [-0.2, 0) is 19.4 Å². The van der Waals surface area contributed by atoms with Gasteiger partial charge >= 0.3 is 0 Å². The Balaban J connectivity index is 1.83. The van der Waals surface area contributed by atoms with Gasteiger partial charge < -0.3 is 5.32 Å². The molecule has 1 N–H and O–H groups in total. The van der Waals surface area contributed by atoms with Crippen LogP contribution in [0.1, 0.15) is 54.8 Å². The molecule has 0 saturated heterocycles. The first kappa shape index (κ1) is 14.8. The lowest BCUT2D eigenvalue weighted by atomic mass is 9.70. The lowest BCUT2D eigenvalue weighted by Gasteiger charge is -2.40. The zero-order valence-electron chi connectivity index (χ0n) is 13.3. The fourth-order valence-corrected chi connectivity index (χ4v) is 4.41. The standard InChI is InChI=1S/C19H25NS/c1-4-14-10-12-21-17(14)13-20-18-16-8-6-5-7-15(16)9-11-19(18,2)3/h5-8,10,12,18,20H,4,9,11,13H2,1-3H3. The summed E-state index contributed by atoms with van der Waals surface area (Å²) >= 11 is 1.88. The zero-order valence-corrected chi connectivity index (χ0v) is 14.1. The number of fused-ring (bicyclic) bond motifs is 1. The fourth-order valence-electron chi connectivity index (χ4n) is 3.48. The molecule has 1 unspecified atom stereocenters. The van der Waals surface area contributed by atoms with Gasteiger partial charge in [0.2, 0.25) is 0 Å². The van der Waals surface area contributed by atoms with E-state index < -0.39 is 0 Å². The van der Waals surface area contributed by atoms with Crippen molar-refractivity contribution >= 4 is 11.3 Å². The summed E-state index contributed by atoms with van der Waals surface area (Å²) in [7, 11) is 0. The molecule has 21 heavy (non-hydrogen) atoms. The molecule has 1 heterocycles. The average Bonchev–Trinajstić information content (AvgIpc) is 2.93. The molecule has 112 valence electrons. The molecule has 0 spiro atoms. The van der Waals surface area contributed by atoms with Gasteiger partial charge in [0.25, 0.3) is 0 Å². The number of thiophene rings is 1. The molecule has 0 amide bonds. The van der Waals surface area contributed by atoms with Crippen molar-refractivity contribution in [1.29, 1.82) is 0 Å². The summed E-state index contributed by atoms with van der Waals surface area (Å²) in [4.78, 5) is 1.50. The lowest BCUT2D eigenvalue weighted by molar-refractivity contribution is 0.208. The van der Waals surface area contributed by atoms with Gasteiger partial charge in [-0.3, -0.25) is 0 Å². The third-order valence-corrected chi connectivity index (χ3v) is 5.83. The van der Waals surface area contributed by atoms with E-state index in [9.17, 15) is 0 Å². The maximum Gasteiger partial charge on any atom is 0.0377 e. The van der Waals surface area contributed by atoms with E-state index in [-0.39, 0.29) is 0 Å². The Morgan fingerprint density at radius 2 is 2.05 bits per heavy atom. The predicted molar refractivity (Wildman–Crippen MR) is 91.8 cm³/mol. The highest BCUT2D eigenvalue weighted by atomic mass is 32.1. The van der Waals surface area contributed by atoms with Crippen molar-refractivity contribution in [2.45, 2.75) is 52.6 Å². The summed E-state index contributed by atoms with van der Waals surface area (Å²) in [5, 5.41) is 6.07. The molecule has 1 aliphatic rings. The van der Waals surface area contributed by atoms with Gasteiger partial charge in [-0.1, -0.05) is 45.0 Å². The summed E-state index contributed by atoms with van der Waals surface area (Å²) in [5.41, 5.74) is 4.84. The van der Waals surface area contributed by atoms with E-state index in [1.54, 1.807) is 0 Å². The molecule has 2 aromatic rings. The van der Waals surface area contributed by atoms with Gasteiger partial charge in [-0.05, 0) is 52.8 Å². The van der Waals surface area contributed by atoms with Crippen LogP contribution in [0, 0.1) is 5.41 Å². The molecular weight excluding hydrogens is 274 g/mol. The molecule has 1 nitrogen and oxygen atoms in total. The summed E-state index contributed by atoms with van der Waals surface area (Å²) < 4.78 is 0. The third-order valence-electron chi connectivity index (χ3n) is 4.87. The van der Waals surface area contributed by atoms with Crippen LogP contribution in [0.2, 0.25) is 0 Å². The van der Waals surface area contributed by atoms with Gasteiger partial charge in [0, 0.05) is 17.5 Å². The molecule has 0 bridgehead atoms. The first-order valence-corrected chi connectivity index (χ1v) is 8.86. The van der Waals surface area contributed by atoms with E-state index in [1.807, 2.05) is 11.3 Å². The number of nitrogens with one attached hydrogen (secondary N) is 1. The quantitative estimate of drug-likeness (QED) is 0.827. The second-order valence-electron chi connectivity index (χ2n) is 6.72. The summed E-state index contributed by atoms with van der Waals surface area (Å²) in [6, 6.07) is 11.7. The number of aryl methyl sites for hydroxylation is 2. The Hall–Kier alpha value is -1.12. The molecule has 0 aliphatic heterocycles. The van der Waals surface area contributed by atoms with Crippen molar-refractivity contribution in [3.05, 3.63) is 57.3 Å². The van der Waals surface area contributed by atoms with E-state index in [4.69, 9.17) is 0 Å². The van der Waals surface area contributed by atoms with Crippen molar-refractivity contribution in [1.82, 2.24) is 5.32 Å². The topological polar surface area (TPSA) is 12.0 Å². The molecule has 1 aromatic heterocycles. The number of benzene rings is 1. The largest absolute Gasteiger partial charge is 0.305 e. The van der Waals surface area contributed by atoms with Crippen LogP contribution in [0.4, 0.5) is 0 Å². The molecule has 0 fully saturated rings. The fraction of sp³-hybridized carbons (Fsp3) is 0.474. The minimum atomic E-state index is 0.317. The van der Waals surface area contributed by atoms with Gasteiger partial charge in [-0.15, -0.1) is 11.3 Å². The van der Waals surface area contributed by atoms with Crippen LogP contribution in [0.3, 0.4) is 0 Å². The summed E-state index contributed by atoms with van der Waals surface area (Å²) in [6.07, 6.45) is 3.60. The molecular formula is C19H25NS. The summed E-state index contributed by atoms with van der Waals surface area (Å²) in [5.74, 6) is 0. The summed E-state index contributed by atoms with van der Waals surface area (Å²) in [6.45, 7) is 8.03. The van der Waals surface area contributed by atoms with E-state index >= 15 is 0 Å². The van der Waals surface area contributed by atoms with Gasteiger partial charge in [0.05, 0.1) is 0 Å². The van der Waals surface area contributed by atoms with E-state index in [2.05, 4.69) is 61.8 Å². The first-order chi connectivity index (χ1) is 10.1. The van der Waals surface area contributed by atoms with Crippen molar-refractivity contribution in [3.63, 3.8) is 0 Å². The Kier molecular flexibility index (Phi) is 4.19. The van der Waals surface area contributed by atoms with Crippen molar-refractivity contribution in [2.24, 2.45) is 5.41 Å². The Bertz CT molecular complexity index is 612. The molecule has 1 atom stereocenters. The predicted octanol–water partition coefficient (Wildman–Crippen LogP) is 5.11. The number of hydrogen-bond donors (Lipinski definition) is 1. The van der Waals surface area contributed by atoms with Crippen molar-refractivity contribution in [3.8, 4) is 0 Å².